The van der Waals surface area contributed by atoms with Crippen LogP contribution in [0.2, 0.25) is 0 Å². The van der Waals surface area contributed by atoms with Crippen LogP contribution in [0.25, 0.3) is 0 Å². The summed E-state index contributed by atoms with van der Waals surface area (Å²) in [5, 5.41) is 2.88. The van der Waals surface area contributed by atoms with Crippen LogP contribution < -0.4 is 10.1 Å². The summed E-state index contributed by atoms with van der Waals surface area (Å²) >= 11 is 0. The van der Waals surface area contributed by atoms with E-state index in [0.29, 0.717) is 19.5 Å². The Morgan fingerprint density at radius 3 is 2.50 bits per heavy atom. The van der Waals surface area contributed by atoms with Crippen molar-refractivity contribution in [3.05, 3.63) is 65.2 Å². The van der Waals surface area contributed by atoms with Gasteiger partial charge in [0.15, 0.2) is 0 Å². The van der Waals surface area contributed by atoms with E-state index < -0.39 is 0 Å². The van der Waals surface area contributed by atoms with Crippen molar-refractivity contribution in [2.75, 3.05) is 20.2 Å². The molecule has 26 heavy (non-hydrogen) atoms. The minimum absolute atomic E-state index is 0.0569. The highest BCUT2D eigenvalue weighted by Crippen LogP contribution is 2.12. The predicted octanol–water partition coefficient (Wildman–Crippen LogP) is 2.71. The molecule has 0 aliphatic rings. The second-order valence-corrected chi connectivity index (χ2v) is 6.32. The highest BCUT2D eigenvalue weighted by atomic mass is 16.5. The SMILES string of the molecule is COc1cccc(CCNC(=O)CN(Cc2cccc(C)c2)C(C)=O)c1. The van der Waals surface area contributed by atoms with Crippen LogP contribution in [-0.4, -0.2) is 36.9 Å². The number of rotatable bonds is 8. The molecule has 0 aromatic heterocycles. The van der Waals surface area contributed by atoms with Gasteiger partial charge in [-0.15, -0.1) is 0 Å². The van der Waals surface area contributed by atoms with Gasteiger partial charge < -0.3 is 15.0 Å². The first kappa shape index (κ1) is 19.5. The maximum absolute atomic E-state index is 12.2. The maximum atomic E-state index is 12.2. The van der Waals surface area contributed by atoms with Crippen molar-refractivity contribution in [1.82, 2.24) is 10.2 Å². The Kier molecular flexibility index (Phi) is 7.21. The molecule has 2 aromatic carbocycles. The smallest absolute Gasteiger partial charge is 0.239 e. The van der Waals surface area contributed by atoms with Crippen molar-refractivity contribution in [2.45, 2.75) is 26.8 Å². The van der Waals surface area contributed by atoms with E-state index in [2.05, 4.69) is 5.32 Å². The zero-order valence-corrected chi connectivity index (χ0v) is 15.6. The van der Waals surface area contributed by atoms with E-state index in [4.69, 9.17) is 4.74 Å². The molecular weight excluding hydrogens is 328 g/mol. The van der Waals surface area contributed by atoms with Gasteiger partial charge in [0, 0.05) is 20.0 Å². The largest absolute Gasteiger partial charge is 0.497 e. The average molecular weight is 354 g/mol. The Morgan fingerprint density at radius 2 is 1.81 bits per heavy atom. The lowest BCUT2D eigenvalue weighted by Gasteiger charge is -2.21. The third kappa shape index (κ3) is 6.24. The molecule has 0 atom stereocenters. The zero-order valence-electron chi connectivity index (χ0n) is 15.6. The number of carbonyl (C=O) groups is 2. The zero-order chi connectivity index (χ0) is 18.9. The summed E-state index contributed by atoms with van der Waals surface area (Å²) in [4.78, 5) is 25.6. The Morgan fingerprint density at radius 1 is 1.08 bits per heavy atom. The number of nitrogens with zero attached hydrogens (tertiary/aromatic N) is 1. The van der Waals surface area contributed by atoms with Crippen LogP contribution in [0.15, 0.2) is 48.5 Å². The molecule has 2 rings (SSSR count). The molecule has 1 N–H and O–H groups in total. The molecule has 0 aliphatic carbocycles. The number of amides is 2. The number of carbonyl (C=O) groups excluding carboxylic acids is 2. The van der Waals surface area contributed by atoms with Crippen molar-refractivity contribution >= 4 is 11.8 Å². The second-order valence-electron chi connectivity index (χ2n) is 6.32. The molecule has 5 nitrogen and oxygen atoms in total. The lowest BCUT2D eigenvalue weighted by atomic mass is 10.1. The lowest BCUT2D eigenvalue weighted by molar-refractivity contribution is -0.134. The van der Waals surface area contributed by atoms with Crippen molar-refractivity contribution in [2.24, 2.45) is 0 Å². The van der Waals surface area contributed by atoms with E-state index in [1.54, 1.807) is 12.0 Å². The molecule has 0 unspecified atom stereocenters. The molecule has 0 saturated carbocycles. The van der Waals surface area contributed by atoms with Gasteiger partial charge in [0.1, 0.15) is 5.75 Å². The monoisotopic (exact) mass is 354 g/mol. The van der Waals surface area contributed by atoms with Gasteiger partial charge in [0.25, 0.3) is 0 Å². The molecule has 0 saturated heterocycles. The summed E-state index contributed by atoms with van der Waals surface area (Å²) in [5.74, 6) is 0.528. The van der Waals surface area contributed by atoms with E-state index >= 15 is 0 Å². The number of methoxy groups -OCH3 is 1. The Balaban J connectivity index is 1.84. The highest BCUT2D eigenvalue weighted by molar-refractivity contribution is 5.83. The van der Waals surface area contributed by atoms with Crippen LogP contribution in [-0.2, 0) is 22.6 Å². The predicted molar refractivity (Wildman–Crippen MR) is 102 cm³/mol. The van der Waals surface area contributed by atoms with Gasteiger partial charge in [0.2, 0.25) is 11.8 Å². The van der Waals surface area contributed by atoms with Crippen molar-refractivity contribution in [1.29, 1.82) is 0 Å². The average Bonchev–Trinajstić information content (AvgIpc) is 2.61. The van der Waals surface area contributed by atoms with E-state index in [1.807, 2.05) is 55.5 Å². The van der Waals surface area contributed by atoms with Crippen LogP contribution in [0, 0.1) is 6.92 Å². The fraction of sp³-hybridized carbons (Fsp3) is 0.333. The Hall–Kier alpha value is -2.82. The van der Waals surface area contributed by atoms with Crippen LogP contribution in [0.3, 0.4) is 0 Å². The van der Waals surface area contributed by atoms with Gasteiger partial charge in [-0.1, -0.05) is 42.0 Å². The van der Waals surface area contributed by atoms with Gasteiger partial charge in [-0.3, -0.25) is 9.59 Å². The van der Waals surface area contributed by atoms with Gasteiger partial charge in [0.05, 0.1) is 13.7 Å². The fourth-order valence-electron chi connectivity index (χ4n) is 2.71. The van der Waals surface area contributed by atoms with E-state index in [-0.39, 0.29) is 18.4 Å². The highest BCUT2D eigenvalue weighted by Gasteiger charge is 2.14. The van der Waals surface area contributed by atoms with E-state index in [1.165, 1.54) is 6.92 Å². The number of hydrogen-bond acceptors (Lipinski definition) is 3. The number of nitrogens with one attached hydrogen (secondary N) is 1. The lowest BCUT2D eigenvalue weighted by Crippen LogP contribution is -2.39. The van der Waals surface area contributed by atoms with Gasteiger partial charge in [-0.25, -0.2) is 0 Å². The molecule has 0 bridgehead atoms. The first-order chi connectivity index (χ1) is 12.5. The van der Waals surface area contributed by atoms with Crippen molar-refractivity contribution in [3.63, 3.8) is 0 Å². The maximum Gasteiger partial charge on any atom is 0.239 e. The normalized spacial score (nSPS) is 10.3. The molecule has 138 valence electrons. The molecule has 0 fully saturated rings. The molecule has 0 aliphatic heterocycles. The summed E-state index contributed by atoms with van der Waals surface area (Å²) in [6.45, 7) is 4.50. The topological polar surface area (TPSA) is 58.6 Å². The number of aryl methyl sites for hydroxylation is 1. The van der Waals surface area contributed by atoms with Crippen molar-refractivity contribution < 1.29 is 14.3 Å². The minimum atomic E-state index is -0.157. The molecule has 2 aromatic rings. The van der Waals surface area contributed by atoms with E-state index in [9.17, 15) is 9.59 Å². The third-order valence-corrected chi connectivity index (χ3v) is 4.11. The first-order valence-electron chi connectivity index (χ1n) is 8.68. The Labute approximate surface area is 155 Å². The molecule has 0 heterocycles. The molecule has 0 radical (unpaired) electrons. The van der Waals surface area contributed by atoms with Crippen LogP contribution in [0.5, 0.6) is 5.75 Å². The van der Waals surface area contributed by atoms with E-state index in [0.717, 1.165) is 22.4 Å². The summed E-state index contributed by atoms with van der Waals surface area (Å²) in [7, 11) is 1.63. The Bertz CT molecular complexity index is 758. The summed E-state index contributed by atoms with van der Waals surface area (Å²) in [5.41, 5.74) is 3.24. The number of ether oxygens (including phenoxy) is 1. The summed E-state index contributed by atoms with van der Waals surface area (Å²) < 4.78 is 5.19. The quantitative estimate of drug-likeness (QED) is 0.793. The van der Waals surface area contributed by atoms with Crippen molar-refractivity contribution in [3.8, 4) is 5.75 Å². The van der Waals surface area contributed by atoms with Gasteiger partial charge in [-0.2, -0.15) is 0 Å². The second kappa shape index (κ2) is 9.61. The standard InChI is InChI=1S/C21H26N2O3/c1-16-6-4-8-19(12-16)14-23(17(2)24)15-21(25)22-11-10-18-7-5-9-20(13-18)26-3/h4-9,12-13H,10-11,14-15H2,1-3H3,(H,22,25). The third-order valence-electron chi connectivity index (χ3n) is 4.11. The van der Waals surface area contributed by atoms with Crippen LogP contribution >= 0.6 is 0 Å². The molecular formula is C21H26N2O3. The molecule has 0 spiro atoms. The molecule has 5 heteroatoms. The van der Waals surface area contributed by atoms with Crippen LogP contribution in [0.4, 0.5) is 0 Å². The number of benzene rings is 2. The van der Waals surface area contributed by atoms with Gasteiger partial charge in [-0.05, 0) is 36.6 Å². The first-order valence-corrected chi connectivity index (χ1v) is 8.68. The minimum Gasteiger partial charge on any atom is -0.497 e. The number of hydrogen-bond donors (Lipinski definition) is 1. The summed E-state index contributed by atoms with van der Waals surface area (Å²) in [6, 6.07) is 15.7. The van der Waals surface area contributed by atoms with Gasteiger partial charge >= 0.3 is 0 Å². The fourth-order valence-corrected chi connectivity index (χ4v) is 2.71. The molecule has 2 amide bonds. The summed E-state index contributed by atoms with van der Waals surface area (Å²) in [6.07, 6.45) is 0.709. The van der Waals surface area contributed by atoms with Crippen LogP contribution in [0.1, 0.15) is 23.6 Å².